The van der Waals surface area contributed by atoms with E-state index in [0.29, 0.717) is 18.2 Å². The second-order valence-electron chi connectivity index (χ2n) is 6.35. The first kappa shape index (κ1) is 16.3. The van der Waals surface area contributed by atoms with Crippen LogP contribution < -0.4 is 5.32 Å². The number of carbonyl (C=O) groups is 3. The Morgan fingerprint density at radius 1 is 1.21 bits per heavy atom. The number of carboxylic acids is 1. The minimum atomic E-state index is -1.01. The Balaban J connectivity index is 1.70. The first-order chi connectivity index (χ1) is 11.5. The third-order valence-corrected chi connectivity index (χ3v) is 4.92. The number of methoxy groups -OCH3 is 1. The zero-order valence-electron chi connectivity index (χ0n) is 13.4. The molecule has 4 rings (SSSR count). The Bertz CT molecular complexity index is 657. The van der Waals surface area contributed by atoms with Crippen molar-refractivity contribution in [3.63, 3.8) is 0 Å². The number of nitrogens with one attached hydrogen (secondary N) is 1. The number of aromatic carboxylic acids is 1. The minimum Gasteiger partial charge on any atom is -0.478 e. The average molecular weight is 332 g/mol. The van der Waals surface area contributed by atoms with E-state index < -0.39 is 5.97 Å². The van der Waals surface area contributed by atoms with Crippen LogP contribution in [-0.4, -0.2) is 47.7 Å². The average Bonchev–Trinajstić information content (AvgIpc) is 2.61. The quantitative estimate of drug-likeness (QED) is 0.884. The van der Waals surface area contributed by atoms with Crippen molar-refractivity contribution in [1.82, 2.24) is 4.90 Å². The molecule has 24 heavy (non-hydrogen) atoms. The number of hydrogen-bond donors (Lipinski definition) is 2. The van der Waals surface area contributed by atoms with Gasteiger partial charge in [-0.1, -0.05) is 0 Å². The van der Waals surface area contributed by atoms with Gasteiger partial charge in [0.05, 0.1) is 18.6 Å². The SMILES string of the molecule is COC(=O)N1CC2CCC1C(C(=O)Nc1ccc(C(=O)O)cc1)C2. The molecule has 2 saturated heterocycles. The van der Waals surface area contributed by atoms with Gasteiger partial charge in [0.1, 0.15) is 0 Å². The number of ether oxygens (including phenoxy) is 1. The van der Waals surface area contributed by atoms with Gasteiger partial charge >= 0.3 is 12.1 Å². The van der Waals surface area contributed by atoms with Crippen LogP contribution in [-0.2, 0) is 9.53 Å². The summed E-state index contributed by atoms with van der Waals surface area (Å²) in [5.41, 5.74) is 0.720. The van der Waals surface area contributed by atoms with Crippen molar-refractivity contribution < 1.29 is 24.2 Å². The molecule has 7 nitrogen and oxygen atoms in total. The van der Waals surface area contributed by atoms with Crippen molar-refractivity contribution >= 4 is 23.7 Å². The molecule has 128 valence electrons. The van der Waals surface area contributed by atoms with Crippen LogP contribution in [0.25, 0.3) is 0 Å². The molecular weight excluding hydrogens is 312 g/mol. The molecule has 7 heteroatoms. The van der Waals surface area contributed by atoms with Crippen molar-refractivity contribution in [1.29, 1.82) is 0 Å². The molecule has 1 aromatic carbocycles. The van der Waals surface area contributed by atoms with E-state index in [1.165, 1.54) is 19.2 Å². The predicted octanol–water partition coefficient (Wildman–Crippen LogP) is 2.19. The van der Waals surface area contributed by atoms with E-state index in [4.69, 9.17) is 9.84 Å². The number of anilines is 1. The van der Waals surface area contributed by atoms with Crippen LogP contribution in [0.4, 0.5) is 10.5 Å². The predicted molar refractivity (Wildman–Crippen MR) is 85.8 cm³/mol. The molecule has 2 heterocycles. The van der Waals surface area contributed by atoms with Gasteiger partial charge in [0.15, 0.2) is 0 Å². The van der Waals surface area contributed by atoms with Gasteiger partial charge in [-0.25, -0.2) is 9.59 Å². The summed E-state index contributed by atoms with van der Waals surface area (Å²) in [6.07, 6.45) is 2.20. The Morgan fingerprint density at radius 2 is 1.92 bits per heavy atom. The van der Waals surface area contributed by atoms with Crippen LogP contribution in [0.1, 0.15) is 29.6 Å². The summed E-state index contributed by atoms with van der Waals surface area (Å²) in [5, 5.41) is 11.7. The molecule has 3 unspecified atom stereocenters. The summed E-state index contributed by atoms with van der Waals surface area (Å²) in [6.45, 7) is 0.647. The number of carbonyl (C=O) groups excluding carboxylic acids is 2. The van der Waals surface area contributed by atoms with E-state index >= 15 is 0 Å². The topological polar surface area (TPSA) is 95.9 Å². The second-order valence-corrected chi connectivity index (χ2v) is 6.35. The van der Waals surface area contributed by atoms with E-state index in [2.05, 4.69) is 5.32 Å². The molecular formula is C17H20N2O5. The van der Waals surface area contributed by atoms with Crippen molar-refractivity contribution in [2.45, 2.75) is 25.3 Å². The van der Waals surface area contributed by atoms with Crippen LogP contribution in [0.3, 0.4) is 0 Å². The first-order valence-corrected chi connectivity index (χ1v) is 7.98. The van der Waals surface area contributed by atoms with Gasteiger partial charge in [0, 0.05) is 18.3 Å². The van der Waals surface area contributed by atoms with Gasteiger partial charge in [-0.2, -0.15) is 0 Å². The van der Waals surface area contributed by atoms with Gasteiger partial charge in [0.2, 0.25) is 5.91 Å². The smallest absolute Gasteiger partial charge is 0.409 e. The first-order valence-electron chi connectivity index (χ1n) is 7.98. The number of nitrogens with zero attached hydrogens (tertiary/aromatic N) is 1. The van der Waals surface area contributed by atoms with Crippen LogP contribution in [0.2, 0.25) is 0 Å². The third-order valence-electron chi connectivity index (χ3n) is 4.92. The molecule has 0 aromatic heterocycles. The maximum Gasteiger partial charge on any atom is 0.409 e. The fraction of sp³-hybridized carbons (Fsp3) is 0.471. The highest BCUT2D eigenvalue weighted by atomic mass is 16.5. The Hall–Kier alpha value is -2.57. The lowest BCUT2D eigenvalue weighted by atomic mass is 9.72. The molecule has 1 aromatic rings. The highest BCUT2D eigenvalue weighted by Gasteiger charge is 2.46. The molecule has 0 radical (unpaired) electrons. The van der Waals surface area contributed by atoms with Gasteiger partial charge in [-0.3, -0.25) is 4.79 Å². The summed E-state index contributed by atoms with van der Waals surface area (Å²) in [4.78, 5) is 37.0. The molecule has 3 aliphatic rings. The molecule has 1 saturated carbocycles. The van der Waals surface area contributed by atoms with Gasteiger partial charge in [-0.15, -0.1) is 0 Å². The van der Waals surface area contributed by atoms with Crippen LogP contribution in [0.5, 0.6) is 0 Å². The molecule has 2 amide bonds. The van der Waals surface area contributed by atoms with Gasteiger partial charge in [0.25, 0.3) is 0 Å². The van der Waals surface area contributed by atoms with Crippen LogP contribution in [0.15, 0.2) is 24.3 Å². The van der Waals surface area contributed by atoms with E-state index in [9.17, 15) is 14.4 Å². The number of benzene rings is 1. The highest BCUT2D eigenvalue weighted by molar-refractivity contribution is 5.94. The summed E-state index contributed by atoms with van der Waals surface area (Å²) in [5.74, 6) is -1.09. The number of carboxylic acid groups (broad SMARTS) is 1. The van der Waals surface area contributed by atoms with Crippen molar-refractivity contribution in [3.8, 4) is 0 Å². The summed E-state index contributed by atoms with van der Waals surface area (Å²) >= 11 is 0. The van der Waals surface area contributed by atoms with E-state index in [0.717, 1.165) is 19.3 Å². The number of amides is 2. The maximum atomic E-state index is 12.6. The molecule has 2 N–H and O–H groups in total. The summed E-state index contributed by atoms with van der Waals surface area (Å²) in [7, 11) is 1.35. The van der Waals surface area contributed by atoms with Crippen molar-refractivity contribution in [3.05, 3.63) is 29.8 Å². The van der Waals surface area contributed by atoms with Crippen LogP contribution in [0, 0.1) is 11.8 Å². The lowest BCUT2D eigenvalue weighted by Gasteiger charge is -2.48. The second kappa shape index (κ2) is 6.51. The van der Waals surface area contributed by atoms with E-state index in [1.807, 2.05) is 0 Å². The minimum absolute atomic E-state index is 0.138. The van der Waals surface area contributed by atoms with Crippen molar-refractivity contribution in [2.75, 3.05) is 19.0 Å². The van der Waals surface area contributed by atoms with E-state index in [1.54, 1.807) is 17.0 Å². The lowest BCUT2D eigenvalue weighted by molar-refractivity contribution is -0.126. The normalized spacial score (nSPS) is 25.2. The molecule has 2 bridgehead atoms. The number of hydrogen-bond acceptors (Lipinski definition) is 4. The van der Waals surface area contributed by atoms with Gasteiger partial charge < -0.3 is 20.1 Å². The third kappa shape index (κ3) is 3.06. The molecule has 3 fully saturated rings. The Morgan fingerprint density at radius 3 is 2.50 bits per heavy atom. The zero-order chi connectivity index (χ0) is 17.3. The number of fused-ring (bicyclic) bond motifs is 3. The fourth-order valence-corrected chi connectivity index (χ4v) is 3.73. The summed E-state index contributed by atoms with van der Waals surface area (Å²) < 4.78 is 4.82. The van der Waals surface area contributed by atoms with E-state index in [-0.39, 0.29) is 29.5 Å². The highest BCUT2D eigenvalue weighted by Crippen LogP contribution is 2.39. The number of piperidine rings is 2. The number of rotatable bonds is 3. The maximum absolute atomic E-state index is 12.6. The zero-order valence-corrected chi connectivity index (χ0v) is 13.4. The molecule has 2 aliphatic heterocycles. The van der Waals surface area contributed by atoms with Gasteiger partial charge in [-0.05, 0) is 49.4 Å². The van der Waals surface area contributed by atoms with Crippen LogP contribution >= 0.6 is 0 Å². The lowest BCUT2D eigenvalue weighted by Crippen LogP contribution is -2.57. The Labute approximate surface area is 139 Å². The monoisotopic (exact) mass is 332 g/mol. The standard InChI is InChI=1S/C17H20N2O5/c1-24-17(23)19-9-10-2-7-14(19)13(8-10)15(20)18-12-5-3-11(4-6-12)16(21)22/h3-6,10,13-14H,2,7-9H2,1H3,(H,18,20)(H,21,22). The Kier molecular flexibility index (Phi) is 4.42. The fourth-order valence-electron chi connectivity index (χ4n) is 3.73. The van der Waals surface area contributed by atoms with Crippen molar-refractivity contribution in [2.24, 2.45) is 11.8 Å². The molecule has 0 spiro atoms. The summed E-state index contributed by atoms with van der Waals surface area (Å²) in [6, 6.07) is 5.90. The molecule has 1 aliphatic carbocycles. The molecule has 3 atom stereocenters. The largest absolute Gasteiger partial charge is 0.478 e.